The van der Waals surface area contributed by atoms with Crippen LogP contribution in [0.2, 0.25) is 0 Å². The summed E-state index contributed by atoms with van der Waals surface area (Å²) in [6.45, 7) is 2.26. The van der Waals surface area contributed by atoms with E-state index in [1.165, 1.54) is 53.6 Å². The summed E-state index contributed by atoms with van der Waals surface area (Å²) >= 11 is 5.30. The molecular formula is C14H25BrN2S. The third-order valence-electron chi connectivity index (χ3n) is 3.22. The van der Waals surface area contributed by atoms with E-state index < -0.39 is 0 Å². The molecule has 1 aromatic rings. The van der Waals surface area contributed by atoms with E-state index in [0.717, 1.165) is 6.42 Å². The van der Waals surface area contributed by atoms with Gasteiger partial charge in [0.25, 0.3) is 0 Å². The maximum Gasteiger partial charge on any atom is 0.0701 e. The minimum absolute atomic E-state index is 0.418. The van der Waals surface area contributed by atoms with E-state index in [9.17, 15) is 0 Å². The summed E-state index contributed by atoms with van der Waals surface area (Å²) in [5.41, 5.74) is 2.95. The Balaban J connectivity index is 2.13. The van der Waals surface area contributed by atoms with Crippen LogP contribution in [0.3, 0.4) is 0 Å². The molecule has 0 aliphatic heterocycles. The second-order valence-electron chi connectivity index (χ2n) is 4.83. The summed E-state index contributed by atoms with van der Waals surface area (Å²) in [7, 11) is 0. The predicted octanol–water partition coefficient (Wildman–Crippen LogP) is 4.64. The van der Waals surface area contributed by atoms with Crippen molar-refractivity contribution in [1.29, 1.82) is 0 Å². The molecule has 0 spiro atoms. The van der Waals surface area contributed by atoms with Crippen LogP contribution in [-0.4, -0.2) is 6.04 Å². The van der Waals surface area contributed by atoms with Gasteiger partial charge in [0.15, 0.2) is 0 Å². The minimum atomic E-state index is 0.418. The Kier molecular flexibility index (Phi) is 8.94. The summed E-state index contributed by atoms with van der Waals surface area (Å²) in [5, 5.41) is 0. The van der Waals surface area contributed by atoms with Gasteiger partial charge >= 0.3 is 0 Å². The first-order valence-corrected chi connectivity index (χ1v) is 8.57. The lowest BCUT2D eigenvalue weighted by Crippen LogP contribution is -2.36. The molecule has 1 atom stereocenters. The number of hydrogen-bond acceptors (Lipinski definition) is 3. The molecule has 0 saturated heterocycles. The smallest absolute Gasteiger partial charge is 0.0701 e. The number of hydrogen-bond donors (Lipinski definition) is 2. The standard InChI is InChI=1S/C14H25BrN2S/c1-2-3-4-5-6-7-8-12(17-16)11-13-9-10-14(15)18-13/h9-10,12,17H,2-8,11,16H2,1H3. The lowest BCUT2D eigenvalue weighted by molar-refractivity contribution is 0.461. The molecule has 104 valence electrons. The summed E-state index contributed by atoms with van der Waals surface area (Å²) in [6, 6.07) is 4.71. The highest BCUT2D eigenvalue weighted by molar-refractivity contribution is 9.11. The lowest BCUT2D eigenvalue weighted by Gasteiger charge is -2.14. The monoisotopic (exact) mass is 332 g/mol. The normalized spacial score (nSPS) is 12.8. The van der Waals surface area contributed by atoms with Gasteiger partial charge in [-0.25, -0.2) is 0 Å². The number of hydrazine groups is 1. The van der Waals surface area contributed by atoms with E-state index in [0.29, 0.717) is 6.04 Å². The third kappa shape index (κ3) is 6.88. The molecule has 18 heavy (non-hydrogen) atoms. The van der Waals surface area contributed by atoms with Crippen LogP contribution in [-0.2, 0) is 6.42 Å². The van der Waals surface area contributed by atoms with Crippen LogP contribution >= 0.6 is 27.3 Å². The van der Waals surface area contributed by atoms with Crippen molar-refractivity contribution >= 4 is 27.3 Å². The highest BCUT2D eigenvalue weighted by atomic mass is 79.9. The molecule has 1 rings (SSSR count). The van der Waals surface area contributed by atoms with E-state index in [-0.39, 0.29) is 0 Å². The molecule has 0 aliphatic carbocycles. The third-order valence-corrected chi connectivity index (χ3v) is 4.86. The molecule has 0 aliphatic rings. The number of halogens is 1. The van der Waals surface area contributed by atoms with E-state index in [2.05, 4.69) is 40.4 Å². The van der Waals surface area contributed by atoms with Crippen molar-refractivity contribution in [3.8, 4) is 0 Å². The summed E-state index contributed by atoms with van der Waals surface area (Å²) < 4.78 is 1.20. The predicted molar refractivity (Wildman–Crippen MR) is 84.8 cm³/mol. The van der Waals surface area contributed by atoms with Crippen LogP contribution in [0.4, 0.5) is 0 Å². The topological polar surface area (TPSA) is 38.0 Å². The lowest BCUT2D eigenvalue weighted by atomic mass is 10.0. The van der Waals surface area contributed by atoms with Gasteiger partial charge in [-0.3, -0.25) is 11.3 Å². The zero-order valence-corrected chi connectivity index (χ0v) is 13.7. The van der Waals surface area contributed by atoms with Crippen molar-refractivity contribution in [2.75, 3.05) is 0 Å². The Morgan fingerprint density at radius 1 is 1.22 bits per heavy atom. The summed E-state index contributed by atoms with van der Waals surface area (Å²) in [5.74, 6) is 5.63. The average Bonchev–Trinajstić information content (AvgIpc) is 2.77. The minimum Gasteiger partial charge on any atom is -0.271 e. The number of unbranched alkanes of at least 4 members (excludes halogenated alkanes) is 5. The van der Waals surface area contributed by atoms with Gasteiger partial charge in [0, 0.05) is 10.9 Å². The fourth-order valence-corrected chi connectivity index (χ4v) is 3.68. The molecule has 1 aromatic heterocycles. The van der Waals surface area contributed by atoms with Crippen molar-refractivity contribution in [2.45, 2.75) is 64.3 Å². The molecule has 4 heteroatoms. The number of thiophene rings is 1. The molecule has 1 heterocycles. The first-order chi connectivity index (χ1) is 8.76. The molecule has 2 nitrogen and oxygen atoms in total. The highest BCUT2D eigenvalue weighted by Gasteiger charge is 2.09. The summed E-state index contributed by atoms with van der Waals surface area (Å²) in [6.07, 6.45) is 10.3. The fraction of sp³-hybridized carbons (Fsp3) is 0.714. The molecule has 3 N–H and O–H groups in total. The first-order valence-electron chi connectivity index (χ1n) is 6.96. The Labute approximate surface area is 123 Å². The van der Waals surface area contributed by atoms with Crippen LogP contribution in [0.25, 0.3) is 0 Å². The van der Waals surface area contributed by atoms with Gasteiger partial charge < -0.3 is 0 Å². The second kappa shape index (κ2) is 9.96. The molecule has 1 unspecified atom stereocenters. The number of nitrogens with one attached hydrogen (secondary N) is 1. The van der Waals surface area contributed by atoms with Crippen molar-refractivity contribution < 1.29 is 0 Å². The van der Waals surface area contributed by atoms with E-state index in [1.54, 1.807) is 11.3 Å². The van der Waals surface area contributed by atoms with Gasteiger partial charge in [0.1, 0.15) is 0 Å². The Hall–Kier alpha value is 0.1000. The van der Waals surface area contributed by atoms with Crippen molar-refractivity contribution in [2.24, 2.45) is 5.84 Å². The molecular weight excluding hydrogens is 308 g/mol. The number of rotatable bonds is 10. The molecule has 0 fully saturated rings. The van der Waals surface area contributed by atoms with E-state index in [4.69, 9.17) is 5.84 Å². The van der Waals surface area contributed by atoms with Crippen LogP contribution < -0.4 is 11.3 Å². The maximum atomic E-state index is 5.63. The zero-order valence-electron chi connectivity index (χ0n) is 11.3. The van der Waals surface area contributed by atoms with E-state index >= 15 is 0 Å². The van der Waals surface area contributed by atoms with Gasteiger partial charge in [-0.15, -0.1) is 11.3 Å². The Morgan fingerprint density at radius 2 is 1.94 bits per heavy atom. The molecule has 0 amide bonds. The molecule has 0 saturated carbocycles. The highest BCUT2D eigenvalue weighted by Crippen LogP contribution is 2.23. The Morgan fingerprint density at radius 3 is 2.56 bits per heavy atom. The Bertz CT molecular complexity index is 314. The van der Waals surface area contributed by atoms with Crippen LogP contribution in [0, 0.1) is 0 Å². The van der Waals surface area contributed by atoms with Gasteiger partial charge in [0.2, 0.25) is 0 Å². The SMILES string of the molecule is CCCCCCCCC(Cc1ccc(Br)s1)NN. The molecule has 0 radical (unpaired) electrons. The molecule has 0 bridgehead atoms. The quantitative estimate of drug-likeness (QED) is 0.372. The second-order valence-corrected chi connectivity index (χ2v) is 7.38. The van der Waals surface area contributed by atoms with Gasteiger partial charge in [0.05, 0.1) is 3.79 Å². The van der Waals surface area contributed by atoms with Gasteiger partial charge in [-0.05, 0) is 40.9 Å². The van der Waals surface area contributed by atoms with Gasteiger partial charge in [-0.1, -0.05) is 45.4 Å². The number of nitrogens with two attached hydrogens (primary N) is 1. The van der Waals surface area contributed by atoms with Crippen molar-refractivity contribution in [3.63, 3.8) is 0 Å². The van der Waals surface area contributed by atoms with E-state index in [1.807, 2.05) is 0 Å². The van der Waals surface area contributed by atoms with Crippen LogP contribution in [0.1, 0.15) is 56.7 Å². The zero-order chi connectivity index (χ0) is 13.2. The first kappa shape index (κ1) is 16.2. The largest absolute Gasteiger partial charge is 0.271 e. The fourth-order valence-electron chi connectivity index (χ4n) is 2.12. The molecule has 0 aromatic carbocycles. The maximum absolute atomic E-state index is 5.63. The van der Waals surface area contributed by atoms with Crippen LogP contribution in [0.5, 0.6) is 0 Å². The van der Waals surface area contributed by atoms with Crippen LogP contribution in [0.15, 0.2) is 15.9 Å². The van der Waals surface area contributed by atoms with Gasteiger partial charge in [-0.2, -0.15) is 0 Å². The van der Waals surface area contributed by atoms with Crippen molar-refractivity contribution in [1.82, 2.24) is 5.43 Å². The average molecular weight is 333 g/mol. The van der Waals surface area contributed by atoms with Crippen molar-refractivity contribution in [3.05, 3.63) is 20.8 Å². The summed E-state index contributed by atoms with van der Waals surface area (Å²) in [4.78, 5) is 1.40.